The van der Waals surface area contributed by atoms with Gasteiger partial charge in [-0.05, 0) is 48.0 Å². The molecule has 5 rings (SSSR count). The van der Waals surface area contributed by atoms with E-state index in [0.717, 1.165) is 5.56 Å². The summed E-state index contributed by atoms with van der Waals surface area (Å²) in [7, 11) is 3.15. The van der Waals surface area contributed by atoms with Gasteiger partial charge in [0.25, 0.3) is 0 Å². The molecule has 0 radical (unpaired) electrons. The summed E-state index contributed by atoms with van der Waals surface area (Å²) in [5.41, 5.74) is -0.0871. The van der Waals surface area contributed by atoms with Gasteiger partial charge in [-0.25, -0.2) is 19.6 Å². The summed E-state index contributed by atoms with van der Waals surface area (Å²) >= 11 is 0. The molecule has 9 nitrogen and oxygen atoms in total. The Hall–Kier alpha value is -4.66. The SMILES string of the molecule is COc1ccc(/C=C/c2nc3c4oc(=O)c(=O)oc4ccc3n2-c2ccccn2)cc1OC. The number of hydrogen-bond donors (Lipinski definition) is 0. The van der Waals surface area contributed by atoms with Crippen molar-refractivity contribution >= 4 is 34.4 Å². The largest absolute Gasteiger partial charge is 0.493 e. The molecule has 0 unspecified atom stereocenters. The highest BCUT2D eigenvalue weighted by Crippen LogP contribution is 2.30. The van der Waals surface area contributed by atoms with Crippen molar-refractivity contribution in [2.45, 2.75) is 0 Å². The van der Waals surface area contributed by atoms with Crippen LogP contribution in [0.4, 0.5) is 0 Å². The average molecular weight is 443 g/mol. The zero-order valence-corrected chi connectivity index (χ0v) is 17.6. The van der Waals surface area contributed by atoms with Gasteiger partial charge in [-0.2, -0.15) is 0 Å². The van der Waals surface area contributed by atoms with Crippen LogP contribution in [0.25, 0.3) is 40.2 Å². The second-order valence-corrected chi connectivity index (χ2v) is 6.98. The fourth-order valence-corrected chi connectivity index (χ4v) is 3.54. The van der Waals surface area contributed by atoms with E-state index in [1.54, 1.807) is 38.6 Å². The maximum Gasteiger partial charge on any atom is 0.423 e. The van der Waals surface area contributed by atoms with Gasteiger partial charge in [0.15, 0.2) is 17.1 Å². The van der Waals surface area contributed by atoms with Gasteiger partial charge in [0.05, 0.1) is 19.7 Å². The van der Waals surface area contributed by atoms with Crippen LogP contribution < -0.4 is 20.7 Å². The number of nitrogens with zero attached hydrogens (tertiary/aromatic N) is 3. The van der Waals surface area contributed by atoms with Gasteiger partial charge in [-0.1, -0.05) is 18.2 Å². The first-order chi connectivity index (χ1) is 16.1. The summed E-state index contributed by atoms with van der Waals surface area (Å²) in [4.78, 5) is 32.5. The van der Waals surface area contributed by atoms with Crippen LogP contribution in [0.5, 0.6) is 11.5 Å². The lowest BCUT2D eigenvalue weighted by atomic mass is 10.2. The number of benzene rings is 2. The van der Waals surface area contributed by atoms with E-state index in [-0.39, 0.29) is 11.2 Å². The molecular weight excluding hydrogens is 426 g/mol. The van der Waals surface area contributed by atoms with Gasteiger partial charge >= 0.3 is 11.3 Å². The molecule has 0 aliphatic carbocycles. The summed E-state index contributed by atoms with van der Waals surface area (Å²) in [6, 6.07) is 14.3. The Labute approximate surface area is 186 Å². The number of hydrogen-bond acceptors (Lipinski definition) is 8. The van der Waals surface area contributed by atoms with Crippen molar-refractivity contribution in [3.8, 4) is 17.3 Å². The van der Waals surface area contributed by atoms with E-state index in [4.69, 9.17) is 18.3 Å². The number of imidazole rings is 1. The molecule has 0 amide bonds. The van der Waals surface area contributed by atoms with Crippen LogP contribution in [0.3, 0.4) is 0 Å². The lowest BCUT2D eigenvalue weighted by Crippen LogP contribution is -2.20. The normalized spacial score (nSPS) is 11.5. The van der Waals surface area contributed by atoms with Crippen LogP contribution in [-0.2, 0) is 0 Å². The number of methoxy groups -OCH3 is 2. The van der Waals surface area contributed by atoms with Crippen LogP contribution in [0.1, 0.15) is 11.4 Å². The molecule has 0 N–H and O–H groups in total. The maximum atomic E-state index is 11.8. The molecule has 3 aromatic heterocycles. The first kappa shape index (κ1) is 20.3. The number of rotatable bonds is 5. The summed E-state index contributed by atoms with van der Waals surface area (Å²) in [5.74, 6) is 2.37. The van der Waals surface area contributed by atoms with E-state index in [0.29, 0.717) is 34.2 Å². The van der Waals surface area contributed by atoms with Gasteiger partial charge < -0.3 is 18.3 Å². The standard InChI is InChI=1S/C24H17N3O6/c1-30-16-9-6-14(13-18(16)31-2)7-11-20-26-21-15(27(20)19-5-3-4-12-25-19)8-10-17-22(21)33-24(29)23(28)32-17/h3-13H,1-2H3/b11-7+. The first-order valence-corrected chi connectivity index (χ1v) is 9.90. The molecule has 0 aliphatic heterocycles. The monoisotopic (exact) mass is 443 g/mol. The second kappa shape index (κ2) is 8.12. The Morgan fingerprint density at radius 3 is 2.48 bits per heavy atom. The minimum Gasteiger partial charge on any atom is -0.493 e. The highest BCUT2D eigenvalue weighted by molar-refractivity contribution is 5.99. The second-order valence-electron chi connectivity index (χ2n) is 6.98. The van der Waals surface area contributed by atoms with Gasteiger partial charge in [0, 0.05) is 6.20 Å². The van der Waals surface area contributed by atoms with E-state index in [9.17, 15) is 9.59 Å². The molecule has 5 aromatic rings. The third kappa shape index (κ3) is 3.55. The molecule has 164 valence electrons. The van der Waals surface area contributed by atoms with E-state index in [2.05, 4.69) is 9.97 Å². The molecule has 0 bridgehead atoms. The Kier molecular flexibility index (Phi) is 4.98. The van der Waals surface area contributed by atoms with E-state index >= 15 is 0 Å². The van der Waals surface area contributed by atoms with Crippen LogP contribution in [-0.4, -0.2) is 28.8 Å². The summed E-state index contributed by atoms with van der Waals surface area (Å²) < 4.78 is 22.8. The fraction of sp³-hybridized carbons (Fsp3) is 0.0833. The van der Waals surface area contributed by atoms with Crippen molar-refractivity contribution in [1.29, 1.82) is 0 Å². The third-order valence-electron chi connectivity index (χ3n) is 5.05. The van der Waals surface area contributed by atoms with Crippen molar-refractivity contribution in [2.75, 3.05) is 14.2 Å². The molecule has 9 heteroatoms. The fourth-order valence-electron chi connectivity index (χ4n) is 3.54. The van der Waals surface area contributed by atoms with Crippen molar-refractivity contribution in [3.05, 3.63) is 87.0 Å². The number of aromatic nitrogens is 3. The topological polar surface area (TPSA) is 110 Å². The minimum atomic E-state index is -1.09. The quantitative estimate of drug-likeness (QED) is 0.379. The molecule has 33 heavy (non-hydrogen) atoms. The van der Waals surface area contributed by atoms with E-state index in [1.165, 1.54) is 0 Å². The van der Waals surface area contributed by atoms with Crippen molar-refractivity contribution < 1.29 is 18.3 Å². The van der Waals surface area contributed by atoms with Gasteiger partial charge in [-0.3, -0.25) is 4.57 Å². The lowest BCUT2D eigenvalue weighted by molar-refractivity contribution is 0.355. The molecule has 0 aliphatic rings. The molecular formula is C24H17N3O6. The summed E-state index contributed by atoms with van der Waals surface area (Å²) in [6.45, 7) is 0. The number of fused-ring (bicyclic) bond motifs is 3. The molecule has 0 spiro atoms. The van der Waals surface area contributed by atoms with Crippen LogP contribution in [0, 0.1) is 0 Å². The average Bonchev–Trinajstić information content (AvgIpc) is 3.22. The molecule has 0 saturated carbocycles. The van der Waals surface area contributed by atoms with Crippen LogP contribution in [0.15, 0.2) is 73.2 Å². The third-order valence-corrected chi connectivity index (χ3v) is 5.05. The van der Waals surface area contributed by atoms with Crippen molar-refractivity contribution in [3.63, 3.8) is 0 Å². The van der Waals surface area contributed by atoms with Gasteiger partial charge in [-0.15, -0.1) is 0 Å². The van der Waals surface area contributed by atoms with Crippen LogP contribution in [0.2, 0.25) is 0 Å². The summed E-state index contributed by atoms with van der Waals surface area (Å²) in [6.07, 6.45) is 5.34. The molecule has 0 fully saturated rings. The Bertz CT molecular complexity index is 1630. The molecule has 2 aromatic carbocycles. The van der Waals surface area contributed by atoms with Crippen molar-refractivity contribution in [1.82, 2.24) is 14.5 Å². The van der Waals surface area contributed by atoms with E-state index < -0.39 is 11.3 Å². The minimum absolute atomic E-state index is 0.0903. The van der Waals surface area contributed by atoms with Gasteiger partial charge in [0.2, 0.25) is 5.58 Å². The lowest BCUT2D eigenvalue weighted by Gasteiger charge is -2.08. The first-order valence-electron chi connectivity index (χ1n) is 9.90. The van der Waals surface area contributed by atoms with Gasteiger partial charge in [0.1, 0.15) is 17.2 Å². The Morgan fingerprint density at radius 1 is 0.909 bits per heavy atom. The molecule has 0 saturated heterocycles. The smallest absolute Gasteiger partial charge is 0.423 e. The Balaban J connectivity index is 1.73. The van der Waals surface area contributed by atoms with E-state index in [1.807, 2.05) is 47.0 Å². The molecule has 3 heterocycles. The predicted molar refractivity (Wildman–Crippen MR) is 122 cm³/mol. The molecule has 0 atom stereocenters. The summed E-state index contributed by atoms with van der Waals surface area (Å²) in [5, 5.41) is 0. The zero-order valence-electron chi connectivity index (χ0n) is 17.6. The zero-order chi connectivity index (χ0) is 22.9. The van der Waals surface area contributed by atoms with Crippen molar-refractivity contribution in [2.24, 2.45) is 0 Å². The Morgan fingerprint density at radius 2 is 1.73 bits per heavy atom. The van der Waals surface area contributed by atoms with Crippen LogP contribution >= 0.6 is 0 Å². The number of pyridine rings is 1. The highest BCUT2D eigenvalue weighted by Gasteiger charge is 2.17. The predicted octanol–water partition coefficient (Wildman–Crippen LogP) is 3.67. The highest BCUT2D eigenvalue weighted by atomic mass is 16.5. The number of ether oxygens (including phenoxy) is 2. The maximum absolute atomic E-state index is 11.8.